The molecular formula is C16H20O4. The van der Waals surface area contributed by atoms with Crippen LogP contribution in [0.2, 0.25) is 0 Å². The Kier molecular flexibility index (Phi) is 3.52. The number of rotatable bonds is 4. The molecule has 0 N–H and O–H groups in total. The van der Waals surface area contributed by atoms with E-state index in [1.54, 1.807) is 0 Å². The highest BCUT2D eigenvalue weighted by atomic mass is 16.6. The summed E-state index contributed by atoms with van der Waals surface area (Å²) >= 11 is 0. The summed E-state index contributed by atoms with van der Waals surface area (Å²) in [7, 11) is 0. The maximum Gasteiger partial charge on any atom is 0.315 e. The highest BCUT2D eigenvalue weighted by Crippen LogP contribution is 2.47. The van der Waals surface area contributed by atoms with Crippen LogP contribution in [0.25, 0.3) is 0 Å². The zero-order valence-electron chi connectivity index (χ0n) is 11.9. The molecule has 1 aromatic rings. The van der Waals surface area contributed by atoms with Crippen LogP contribution in [-0.2, 0) is 25.6 Å². The summed E-state index contributed by atoms with van der Waals surface area (Å²) in [5.74, 6) is -0.506. The van der Waals surface area contributed by atoms with Gasteiger partial charge in [-0.25, -0.2) is 0 Å². The van der Waals surface area contributed by atoms with Crippen LogP contribution in [-0.4, -0.2) is 30.4 Å². The molecular weight excluding hydrogens is 256 g/mol. The zero-order chi connectivity index (χ0) is 14.2. The molecule has 0 aliphatic carbocycles. The van der Waals surface area contributed by atoms with E-state index < -0.39 is 5.60 Å². The van der Waals surface area contributed by atoms with Gasteiger partial charge in [0.25, 0.3) is 0 Å². The van der Waals surface area contributed by atoms with Gasteiger partial charge in [-0.3, -0.25) is 4.79 Å². The first-order valence-electron chi connectivity index (χ1n) is 7.16. The summed E-state index contributed by atoms with van der Waals surface area (Å²) in [6.07, 6.45) is 0.551. The second kappa shape index (κ2) is 5.19. The van der Waals surface area contributed by atoms with Crippen molar-refractivity contribution in [3.05, 3.63) is 35.9 Å². The molecule has 2 saturated heterocycles. The summed E-state index contributed by atoms with van der Waals surface area (Å²) in [6, 6.07) is 9.70. The summed E-state index contributed by atoms with van der Waals surface area (Å²) in [4.78, 5) is 12.4. The lowest BCUT2D eigenvalue weighted by Gasteiger charge is -2.28. The van der Waals surface area contributed by atoms with Crippen LogP contribution in [0.4, 0.5) is 0 Å². The number of fused-ring (bicyclic) bond motifs is 2. The van der Waals surface area contributed by atoms with Gasteiger partial charge in [0.05, 0.1) is 18.8 Å². The SMILES string of the molecule is CC[C@]12CO[C@@H](C1C(=O)OCc1ccccc1)[C@H](C)O2. The quantitative estimate of drug-likeness (QED) is 0.792. The molecule has 20 heavy (non-hydrogen) atoms. The number of ether oxygens (including phenoxy) is 3. The van der Waals surface area contributed by atoms with E-state index in [0.29, 0.717) is 13.2 Å². The molecule has 108 valence electrons. The molecule has 2 heterocycles. The molecule has 0 aromatic heterocycles. The van der Waals surface area contributed by atoms with Crippen molar-refractivity contribution in [1.29, 1.82) is 0 Å². The van der Waals surface area contributed by atoms with Crippen LogP contribution in [0.3, 0.4) is 0 Å². The number of hydrogen-bond acceptors (Lipinski definition) is 4. The molecule has 1 aromatic carbocycles. The lowest BCUT2D eigenvalue weighted by atomic mass is 9.86. The maximum atomic E-state index is 12.4. The topological polar surface area (TPSA) is 44.8 Å². The van der Waals surface area contributed by atoms with Crippen LogP contribution in [0.1, 0.15) is 25.8 Å². The highest BCUT2D eigenvalue weighted by Gasteiger charge is 2.62. The molecule has 4 atom stereocenters. The molecule has 0 saturated carbocycles. The first-order valence-corrected chi connectivity index (χ1v) is 7.16. The minimum atomic E-state index is -0.488. The zero-order valence-corrected chi connectivity index (χ0v) is 11.9. The molecule has 0 spiro atoms. The molecule has 4 nitrogen and oxygen atoms in total. The third-order valence-electron chi connectivity index (χ3n) is 4.38. The van der Waals surface area contributed by atoms with Gasteiger partial charge < -0.3 is 14.2 Å². The van der Waals surface area contributed by atoms with Crippen LogP contribution >= 0.6 is 0 Å². The minimum Gasteiger partial charge on any atom is -0.460 e. The Morgan fingerprint density at radius 1 is 1.40 bits per heavy atom. The number of esters is 1. The lowest BCUT2D eigenvalue weighted by Crippen LogP contribution is -2.40. The van der Waals surface area contributed by atoms with Gasteiger partial charge in [0.1, 0.15) is 18.1 Å². The summed E-state index contributed by atoms with van der Waals surface area (Å²) in [5.41, 5.74) is 0.504. The standard InChI is InChI=1S/C16H20O4/c1-3-16-10-19-14(11(2)20-16)13(16)15(17)18-9-12-7-5-4-6-8-12/h4-8,11,13-14H,3,9-10H2,1-2H3/t11-,13?,14+,16-/m0/s1. The minimum absolute atomic E-state index is 0.0435. The fraction of sp³-hybridized carbons (Fsp3) is 0.562. The van der Waals surface area contributed by atoms with Gasteiger partial charge in [-0.2, -0.15) is 0 Å². The largest absolute Gasteiger partial charge is 0.460 e. The molecule has 0 amide bonds. The van der Waals surface area contributed by atoms with E-state index >= 15 is 0 Å². The molecule has 2 fully saturated rings. The monoisotopic (exact) mass is 276 g/mol. The highest BCUT2D eigenvalue weighted by molar-refractivity contribution is 5.76. The molecule has 2 aliphatic rings. The molecule has 4 heteroatoms. The summed E-state index contributed by atoms with van der Waals surface area (Å²) in [6.45, 7) is 4.78. The van der Waals surface area contributed by atoms with Gasteiger partial charge in [0.15, 0.2) is 0 Å². The Balaban J connectivity index is 1.68. The smallest absolute Gasteiger partial charge is 0.315 e. The van der Waals surface area contributed by atoms with Crippen LogP contribution < -0.4 is 0 Å². The van der Waals surface area contributed by atoms with E-state index in [-0.39, 0.29) is 24.1 Å². The number of carbonyl (C=O) groups excluding carboxylic acids is 1. The van der Waals surface area contributed by atoms with Crippen molar-refractivity contribution in [2.75, 3.05) is 6.61 Å². The predicted octanol–water partition coefficient (Wildman–Crippen LogP) is 2.31. The maximum absolute atomic E-state index is 12.4. The van der Waals surface area contributed by atoms with Crippen molar-refractivity contribution in [3.63, 3.8) is 0 Å². The van der Waals surface area contributed by atoms with Crippen LogP contribution in [0.5, 0.6) is 0 Å². The van der Waals surface area contributed by atoms with Crippen LogP contribution in [0.15, 0.2) is 30.3 Å². The third-order valence-corrected chi connectivity index (χ3v) is 4.38. The number of benzene rings is 1. The van der Waals surface area contributed by atoms with Gasteiger partial charge in [-0.1, -0.05) is 37.3 Å². The van der Waals surface area contributed by atoms with Gasteiger partial charge in [-0.15, -0.1) is 0 Å². The van der Waals surface area contributed by atoms with E-state index in [9.17, 15) is 4.79 Å². The second-order valence-corrected chi connectivity index (χ2v) is 5.59. The van der Waals surface area contributed by atoms with Crippen molar-refractivity contribution < 1.29 is 19.0 Å². The normalized spacial score (nSPS) is 35.2. The van der Waals surface area contributed by atoms with Crippen molar-refractivity contribution in [3.8, 4) is 0 Å². The first-order chi connectivity index (χ1) is 9.66. The van der Waals surface area contributed by atoms with Gasteiger partial charge in [-0.05, 0) is 18.9 Å². The molecule has 2 aliphatic heterocycles. The summed E-state index contributed by atoms with van der Waals surface area (Å²) < 4.78 is 17.1. The van der Waals surface area contributed by atoms with E-state index in [2.05, 4.69) is 0 Å². The molecule has 3 rings (SSSR count). The second-order valence-electron chi connectivity index (χ2n) is 5.59. The fourth-order valence-electron chi connectivity index (χ4n) is 3.25. The molecule has 2 bridgehead atoms. The van der Waals surface area contributed by atoms with Crippen molar-refractivity contribution >= 4 is 5.97 Å². The van der Waals surface area contributed by atoms with E-state index in [4.69, 9.17) is 14.2 Å². The Bertz CT molecular complexity index is 487. The lowest BCUT2D eigenvalue weighted by molar-refractivity contribution is -0.157. The van der Waals surface area contributed by atoms with E-state index in [1.165, 1.54) is 0 Å². The first kappa shape index (κ1) is 13.6. The van der Waals surface area contributed by atoms with Crippen LogP contribution in [0, 0.1) is 5.92 Å². The van der Waals surface area contributed by atoms with Gasteiger partial charge in [0, 0.05) is 0 Å². The average molecular weight is 276 g/mol. The average Bonchev–Trinajstić information content (AvgIpc) is 2.98. The van der Waals surface area contributed by atoms with E-state index in [1.807, 2.05) is 44.2 Å². The van der Waals surface area contributed by atoms with E-state index in [0.717, 1.165) is 12.0 Å². The van der Waals surface area contributed by atoms with Crippen molar-refractivity contribution in [1.82, 2.24) is 0 Å². The molecule has 1 unspecified atom stereocenters. The van der Waals surface area contributed by atoms with Crippen molar-refractivity contribution in [2.45, 2.75) is 44.7 Å². The van der Waals surface area contributed by atoms with Gasteiger partial charge >= 0.3 is 5.97 Å². The summed E-state index contributed by atoms with van der Waals surface area (Å²) in [5, 5.41) is 0. The fourth-order valence-corrected chi connectivity index (χ4v) is 3.25. The Morgan fingerprint density at radius 2 is 2.15 bits per heavy atom. The Hall–Kier alpha value is -1.39. The van der Waals surface area contributed by atoms with Crippen molar-refractivity contribution in [2.24, 2.45) is 5.92 Å². The number of hydrogen-bond donors (Lipinski definition) is 0. The van der Waals surface area contributed by atoms with Gasteiger partial charge in [0.2, 0.25) is 0 Å². The predicted molar refractivity (Wildman–Crippen MR) is 73.0 cm³/mol. The number of carbonyl (C=O) groups is 1. The third kappa shape index (κ3) is 2.13. The Morgan fingerprint density at radius 3 is 2.80 bits per heavy atom. The molecule has 0 radical (unpaired) electrons. The Labute approximate surface area is 119 Å².